The Hall–Kier alpha value is -1.91. The van der Waals surface area contributed by atoms with Gasteiger partial charge in [-0.05, 0) is 18.2 Å². The highest BCUT2D eigenvalue weighted by atomic mass is 79.9. The minimum absolute atomic E-state index is 0.0765. The van der Waals surface area contributed by atoms with Crippen molar-refractivity contribution in [3.63, 3.8) is 0 Å². The quantitative estimate of drug-likeness (QED) is 0.681. The van der Waals surface area contributed by atoms with Crippen LogP contribution in [0.3, 0.4) is 0 Å². The molecular weight excluding hydrogens is 406 g/mol. The summed E-state index contributed by atoms with van der Waals surface area (Å²) in [4.78, 5) is 25.1. The molecule has 0 atom stereocenters. The lowest BCUT2D eigenvalue weighted by Crippen LogP contribution is -2.30. The van der Waals surface area contributed by atoms with E-state index >= 15 is 0 Å². The maximum absolute atomic E-state index is 12.5. The Morgan fingerprint density at radius 1 is 1.30 bits per heavy atom. The molecule has 0 fully saturated rings. The van der Waals surface area contributed by atoms with Crippen molar-refractivity contribution in [2.24, 2.45) is 7.05 Å². The van der Waals surface area contributed by atoms with E-state index in [1.807, 2.05) is 23.2 Å². The highest BCUT2D eigenvalue weighted by Gasteiger charge is 2.20. The molecule has 1 aromatic carbocycles. The van der Waals surface area contributed by atoms with Crippen LogP contribution in [-0.4, -0.2) is 18.0 Å². The van der Waals surface area contributed by atoms with Crippen LogP contribution in [-0.2, 0) is 17.1 Å². The fourth-order valence-electron chi connectivity index (χ4n) is 1.97. The average Bonchev–Trinajstić information content (AvgIpc) is 2.91. The van der Waals surface area contributed by atoms with E-state index in [1.54, 1.807) is 0 Å². The van der Waals surface area contributed by atoms with E-state index < -0.39 is 21.3 Å². The molecule has 2 aromatic heterocycles. The number of halogens is 1. The van der Waals surface area contributed by atoms with Crippen LogP contribution in [0.2, 0.25) is 0 Å². The van der Waals surface area contributed by atoms with Crippen LogP contribution >= 0.6 is 27.3 Å². The van der Waals surface area contributed by atoms with Crippen molar-refractivity contribution in [1.82, 2.24) is 9.55 Å². The number of benzene rings is 1. The number of rotatable bonds is 3. The number of aromatic nitrogens is 2. The third-order valence-corrected chi connectivity index (χ3v) is 6.73. The number of nitrogens with one attached hydrogen (secondary N) is 2. The van der Waals surface area contributed by atoms with Gasteiger partial charge in [0.2, 0.25) is 0 Å². The fourth-order valence-corrected chi connectivity index (χ4v) is 5.04. The zero-order chi connectivity index (χ0) is 16.8. The van der Waals surface area contributed by atoms with Gasteiger partial charge in [-0.15, -0.1) is 11.3 Å². The van der Waals surface area contributed by atoms with Crippen LogP contribution in [0.25, 0.3) is 10.1 Å². The average molecular weight is 416 g/mol. The van der Waals surface area contributed by atoms with Crippen molar-refractivity contribution >= 4 is 53.1 Å². The minimum Gasteiger partial charge on any atom is -0.302 e. The number of hydrogen-bond donors (Lipinski definition) is 2. The number of H-pyrrole nitrogens is 1. The van der Waals surface area contributed by atoms with Gasteiger partial charge in [0.15, 0.2) is 0 Å². The molecule has 0 aliphatic rings. The Balaban J connectivity index is 2.08. The van der Waals surface area contributed by atoms with Crippen LogP contribution in [0.15, 0.2) is 48.7 Å². The molecule has 0 radical (unpaired) electrons. The lowest BCUT2D eigenvalue weighted by atomic mass is 10.3. The molecule has 0 amide bonds. The monoisotopic (exact) mass is 415 g/mol. The highest BCUT2D eigenvalue weighted by molar-refractivity contribution is 9.10. The molecule has 0 aliphatic carbocycles. The van der Waals surface area contributed by atoms with Gasteiger partial charge in [-0.25, -0.2) is 13.2 Å². The summed E-state index contributed by atoms with van der Waals surface area (Å²) in [5, 5.41) is 0.771. The van der Waals surface area contributed by atoms with E-state index in [2.05, 4.69) is 20.7 Å². The van der Waals surface area contributed by atoms with Crippen molar-refractivity contribution in [2.45, 2.75) is 4.21 Å². The Morgan fingerprint density at radius 2 is 2.04 bits per heavy atom. The van der Waals surface area contributed by atoms with Gasteiger partial charge in [0, 0.05) is 27.8 Å². The molecular formula is C13H10BrN3O4S2. The first-order valence-electron chi connectivity index (χ1n) is 6.29. The standard InChI is InChI=1S/C13H10BrN3O4S2/c1-17-6-9(12(18)15-13(17)19)16-23(20,21)11-5-7-8(14)3-2-4-10(7)22-11/h2-6,16H,1H3,(H,15,18,19). The Bertz CT molecular complexity index is 1130. The van der Waals surface area contributed by atoms with Gasteiger partial charge in [0.05, 0.1) is 0 Å². The number of nitrogens with zero attached hydrogens (tertiary/aromatic N) is 1. The smallest absolute Gasteiger partial charge is 0.302 e. The van der Waals surface area contributed by atoms with Crippen LogP contribution in [0.1, 0.15) is 0 Å². The molecule has 3 aromatic rings. The summed E-state index contributed by atoms with van der Waals surface area (Å²) in [5.74, 6) is 0. The molecule has 0 bridgehead atoms. The number of anilines is 1. The molecule has 0 saturated carbocycles. The van der Waals surface area contributed by atoms with E-state index in [0.717, 1.165) is 36.7 Å². The number of sulfonamides is 1. The number of thiophene rings is 1. The Morgan fingerprint density at radius 3 is 2.74 bits per heavy atom. The molecule has 120 valence electrons. The van der Waals surface area contributed by atoms with Crippen molar-refractivity contribution < 1.29 is 8.42 Å². The lowest BCUT2D eigenvalue weighted by Gasteiger charge is -2.06. The lowest BCUT2D eigenvalue weighted by molar-refractivity contribution is 0.603. The molecule has 10 heteroatoms. The van der Waals surface area contributed by atoms with E-state index in [0.29, 0.717) is 0 Å². The summed E-state index contributed by atoms with van der Waals surface area (Å²) >= 11 is 4.46. The molecule has 0 spiro atoms. The van der Waals surface area contributed by atoms with Gasteiger partial charge in [0.25, 0.3) is 15.6 Å². The van der Waals surface area contributed by atoms with Crippen molar-refractivity contribution in [1.29, 1.82) is 0 Å². The maximum Gasteiger partial charge on any atom is 0.328 e. The summed E-state index contributed by atoms with van der Waals surface area (Å²) in [6, 6.07) is 6.96. The number of fused-ring (bicyclic) bond motifs is 1. The first-order chi connectivity index (χ1) is 10.8. The van der Waals surface area contributed by atoms with Crippen LogP contribution in [0, 0.1) is 0 Å². The van der Waals surface area contributed by atoms with Gasteiger partial charge in [-0.3, -0.25) is 14.5 Å². The first kappa shape index (κ1) is 16.0. The summed E-state index contributed by atoms with van der Waals surface area (Å²) < 4.78 is 29.9. The Labute approximate surface area is 142 Å². The summed E-state index contributed by atoms with van der Waals surface area (Å²) in [7, 11) is -2.52. The first-order valence-corrected chi connectivity index (χ1v) is 9.38. The van der Waals surface area contributed by atoms with Crippen LogP contribution < -0.4 is 16.0 Å². The molecule has 2 heterocycles. The third-order valence-electron chi connectivity index (χ3n) is 3.10. The van der Waals surface area contributed by atoms with Gasteiger partial charge in [-0.2, -0.15) is 0 Å². The second kappa shape index (κ2) is 5.62. The second-order valence-corrected chi connectivity index (χ2v) is 8.58. The molecule has 2 N–H and O–H groups in total. The molecule has 7 nitrogen and oxygen atoms in total. The van der Waals surface area contributed by atoms with Crippen molar-refractivity contribution in [3.05, 3.63) is 55.8 Å². The van der Waals surface area contributed by atoms with E-state index in [4.69, 9.17) is 0 Å². The number of hydrogen-bond acceptors (Lipinski definition) is 5. The van der Waals surface area contributed by atoms with Crippen molar-refractivity contribution in [2.75, 3.05) is 4.72 Å². The molecule has 3 rings (SSSR count). The maximum atomic E-state index is 12.5. The summed E-state index contributed by atoms with van der Waals surface area (Å²) in [6.07, 6.45) is 1.14. The molecule has 0 saturated heterocycles. The molecule has 23 heavy (non-hydrogen) atoms. The largest absolute Gasteiger partial charge is 0.328 e. The van der Waals surface area contributed by atoms with Crippen LogP contribution in [0.5, 0.6) is 0 Å². The summed E-state index contributed by atoms with van der Waals surface area (Å²) in [6.45, 7) is 0. The van der Waals surface area contributed by atoms with Gasteiger partial charge in [-0.1, -0.05) is 22.0 Å². The van der Waals surface area contributed by atoms with Gasteiger partial charge in [0.1, 0.15) is 9.90 Å². The van der Waals surface area contributed by atoms with E-state index in [1.165, 1.54) is 13.1 Å². The van der Waals surface area contributed by atoms with Gasteiger partial charge < -0.3 is 4.57 Å². The normalized spacial score (nSPS) is 11.7. The van der Waals surface area contributed by atoms with Gasteiger partial charge >= 0.3 is 5.69 Å². The number of aromatic amines is 1. The second-order valence-electron chi connectivity index (χ2n) is 4.74. The SMILES string of the molecule is Cn1cc(NS(=O)(=O)c2cc3c(Br)cccc3s2)c(=O)[nH]c1=O. The fraction of sp³-hybridized carbons (Fsp3) is 0.0769. The van der Waals surface area contributed by atoms with E-state index in [-0.39, 0.29) is 9.90 Å². The summed E-state index contributed by atoms with van der Waals surface area (Å²) in [5.41, 5.74) is -1.63. The third kappa shape index (κ3) is 2.96. The predicted molar refractivity (Wildman–Crippen MR) is 92.6 cm³/mol. The minimum atomic E-state index is -3.93. The topological polar surface area (TPSA) is 101 Å². The number of aryl methyl sites for hydroxylation is 1. The zero-order valence-electron chi connectivity index (χ0n) is 11.7. The van der Waals surface area contributed by atoms with Crippen molar-refractivity contribution in [3.8, 4) is 0 Å². The Kier molecular flexibility index (Phi) is 3.90. The predicted octanol–water partition coefficient (Wildman–Crippen LogP) is 1.85. The molecule has 0 unspecified atom stereocenters. The zero-order valence-corrected chi connectivity index (χ0v) is 14.9. The molecule has 0 aliphatic heterocycles. The van der Waals surface area contributed by atoms with Crippen LogP contribution in [0.4, 0.5) is 5.69 Å². The highest BCUT2D eigenvalue weighted by Crippen LogP contribution is 2.34. The van der Waals surface area contributed by atoms with E-state index in [9.17, 15) is 18.0 Å².